The van der Waals surface area contributed by atoms with Gasteiger partial charge in [-0.05, 0) is 36.4 Å². The molecule has 0 spiro atoms. The van der Waals surface area contributed by atoms with Crippen LogP contribution >= 0.6 is 11.3 Å². The summed E-state index contributed by atoms with van der Waals surface area (Å²) in [5.74, 6) is 6.37. The van der Waals surface area contributed by atoms with E-state index in [2.05, 4.69) is 16.8 Å². The Balaban J connectivity index is 1.76. The van der Waals surface area contributed by atoms with Crippen molar-refractivity contribution < 1.29 is 9.84 Å². The normalized spacial score (nSPS) is 10.1. The number of fused-ring (bicyclic) bond motifs is 1. The molecule has 2 heterocycles. The Hall–Kier alpha value is -2.35. The number of aliphatic hydroxyl groups excluding tert-OH is 1. The van der Waals surface area contributed by atoms with E-state index in [0.29, 0.717) is 6.61 Å². The molecule has 104 valence electrons. The quantitative estimate of drug-likeness (QED) is 0.754. The van der Waals surface area contributed by atoms with Crippen molar-refractivity contribution in [2.45, 2.75) is 6.61 Å². The second kappa shape index (κ2) is 6.40. The minimum atomic E-state index is -0.118. The van der Waals surface area contributed by atoms with Crippen LogP contribution in [-0.4, -0.2) is 16.7 Å². The number of hydrogen-bond acceptors (Lipinski definition) is 4. The minimum absolute atomic E-state index is 0.118. The molecule has 0 saturated carbocycles. The van der Waals surface area contributed by atoms with Crippen molar-refractivity contribution in [3.05, 3.63) is 58.4 Å². The van der Waals surface area contributed by atoms with Crippen molar-refractivity contribution in [1.29, 1.82) is 0 Å². The molecule has 0 amide bonds. The molecule has 1 aromatic carbocycles. The molecule has 21 heavy (non-hydrogen) atoms. The summed E-state index contributed by atoms with van der Waals surface area (Å²) in [6.45, 7) is 0.381. The molecule has 0 atom stereocenters. The van der Waals surface area contributed by atoms with Crippen molar-refractivity contribution in [2.75, 3.05) is 6.61 Å². The van der Waals surface area contributed by atoms with Gasteiger partial charge in [0.05, 0.1) is 10.4 Å². The predicted molar refractivity (Wildman–Crippen MR) is 84.4 cm³/mol. The van der Waals surface area contributed by atoms with Gasteiger partial charge in [-0.15, -0.1) is 11.3 Å². The fourth-order valence-electron chi connectivity index (χ4n) is 2.00. The third kappa shape index (κ3) is 3.22. The summed E-state index contributed by atoms with van der Waals surface area (Å²) in [5, 5.41) is 9.70. The van der Waals surface area contributed by atoms with Crippen molar-refractivity contribution in [3.63, 3.8) is 0 Å². The minimum Gasteiger partial charge on any atom is -0.487 e. The van der Waals surface area contributed by atoms with E-state index in [-0.39, 0.29) is 6.61 Å². The Bertz CT molecular complexity index is 809. The summed E-state index contributed by atoms with van der Waals surface area (Å²) in [5.41, 5.74) is 0.927. The number of ether oxygens (including phenoxy) is 1. The molecule has 3 aromatic rings. The first-order valence-electron chi connectivity index (χ1n) is 6.52. The van der Waals surface area contributed by atoms with E-state index in [9.17, 15) is 0 Å². The van der Waals surface area contributed by atoms with Gasteiger partial charge >= 0.3 is 0 Å². The van der Waals surface area contributed by atoms with Crippen LogP contribution in [0.5, 0.6) is 5.75 Å². The van der Waals surface area contributed by atoms with Gasteiger partial charge in [0.2, 0.25) is 0 Å². The smallest absolute Gasteiger partial charge is 0.129 e. The van der Waals surface area contributed by atoms with Gasteiger partial charge in [0, 0.05) is 16.5 Å². The van der Waals surface area contributed by atoms with Crippen molar-refractivity contribution in [3.8, 4) is 17.6 Å². The lowest BCUT2D eigenvalue weighted by Gasteiger charge is -2.07. The van der Waals surface area contributed by atoms with Crippen molar-refractivity contribution in [2.24, 2.45) is 0 Å². The number of aromatic nitrogens is 1. The zero-order valence-corrected chi connectivity index (χ0v) is 12.1. The van der Waals surface area contributed by atoms with Crippen LogP contribution in [0.1, 0.15) is 9.75 Å². The van der Waals surface area contributed by atoms with Crippen LogP contribution in [0, 0.1) is 11.8 Å². The topological polar surface area (TPSA) is 42.4 Å². The van der Waals surface area contributed by atoms with Gasteiger partial charge in [0.1, 0.15) is 19.0 Å². The van der Waals surface area contributed by atoms with E-state index in [1.165, 1.54) is 0 Å². The Morgan fingerprint density at radius 3 is 3.00 bits per heavy atom. The molecule has 0 saturated heterocycles. The fraction of sp³-hybridized carbons (Fsp3) is 0.118. The molecular formula is C17H13NO2S. The first-order chi connectivity index (χ1) is 10.4. The van der Waals surface area contributed by atoms with Gasteiger partial charge < -0.3 is 9.84 Å². The highest BCUT2D eigenvalue weighted by atomic mass is 32.1. The van der Waals surface area contributed by atoms with Gasteiger partial charge in [-0.2, -0.15) is 0 Å². The summed E-state index contributed by atoms with van der Waals surface area (Å²) in [6.07, 6.45) is 1.78. The lowest BCUT2D eigenvalue weighted by molar-refractivity contribution is 0.313. The second-order valence-corrected chi connectivity index (χ2v) is 5.51. The van der Waals surface area contributed by atoms with Crippen LogP contribution in [0.3, 0.4) is 0 Å². The number of rotatable bonds is 3. The molecule has 0 radical (unpaired) electrons. The highest BCUT2D eigenvalue weighted by Crippen LogP contribution is 2.25. The Morgan fingerprint density at radius 2 is 2.10 bits per heavy atom. The Kier molecular flexibility index (Phi) is 4.15. The second-order valence-electron chi connectivity index (χ2n) is 4.34. The highest BCUT2D eigenvalue weighted by molar-refractivity contribution is 7.12. The van der Waals surface area contributed by atoms with E-state index in [4.69, 9.17) is 9.84 Å². The maximum Gasteiger partial charge on any atom is 0.129 e. The molecule has 1 N–H and O–H groups in total. The summed E-state index contributed by atoms with van der Waals surface area (Å²) in [7, 11) is 0. The van der Waals surface area contributed by atoms with Gasteiger partial charge in [-0.3, -0.25) is 4.98 Å². The number of thiophene rings is 1. The average Bonchev–Trinajstić information content (AvgIpc) is 2.99. The zero-order valence-electron chi connectivity index (χ0n) is 11.2. The van der Waals surface area contributed by atoms with E-state index in [1.54, 1.807) is 17.5 Å². The molecule has 2 aromatic heterocycles. The third-order valence-corrected chi connectivity index (χ3v) is 3.90. The largest absolute Gasteiger partial charge is 0.487 e. The number of hydrogen-bond donors (Lipinski definition) is 1. The summed E-state index contributed by atoms with van der Waals surface area (Å²) >= 11 is 1.57. The van der Waals surface area contributed by atoms with E-state index < -0.39 is 0 Å². The van der Waals surface area contributed by atoms with E-state index >= 15 is 0 Å². The van der Waals surface area contributed by atoms with Crippen LogP contribution in [0.4, 0.5) is 0 Å². The molecule has 0 aliphatic carbocycles. The summed E-state index contributed by atoms with van der Waals surface area (Å²) in [4.78, 5) is 6.34. The number of nitrogens with zero attached hydrogens (tertiary/aromatic N) is 1. The molecule has 3 rings (SSSR count). The fourth-order valence-corrected chi connectivity index (χ4v) is 2.79. The third-order valence-electron chi connectivity index (χ3n) is 2.93. The molecule has 0 bridgehead atoms. The van der Waals surface area contributed by atoms with Crippen LogP contribution in [0.15, 0.2) is 48.7 Å². The van der Waals surface area contributed by atoms with Gasteiger partial charge in [-0.1, -0.05) is 17.9 Å². The number of aliphatic hydroxyl groups is 1. The molecule has 0 fully saturated rings. The Morgan fingerprint density at radius 1 is 1.14 bits per heavy atom. The first-order valence-corrected chi connectivity index (χ1v) is 7.33. The monoisotopic (exact) mass is 295 g/mol. The van der Waals surface area contributed by atoms with E-state index in [1.807, 2.05) is 42.5 Å². The lowest BCUT2D eigenvalue weighted by atomic mass is 10.2. The molecule has 0 unspecified atom stereocenters. The van der Waals surface area contributed by atoms with Crippen molar-refractivity contribution in [1.82, 2.24) is 4.98 Å². The van der Waals surface area contributed by atoms with Crippen LogP contribution in [0.2, 0.25) is 0 Å². The number of pyridine rings is 1. The summed E-state index contributed by atoms with van der Waals surface area (Å²) < 4.78 is 5.90. The van der Waals surface area contributed by atoms with Crippen LogP contribution < -0.4 is 4.74 Å². The van der Waals surface area contributed by atoms with Crippen LogP contribution in [-0.2, 0) is 6.61 Å². The van der Waals surface area contributed by atoms with Gasteiger partial charge in [-0.25, -0.2) is 0 Å². The molecule has 0 aliphatic rings. The van der Waals surface area contributed by atoms with Gasteiger partial charge in [0.15, 0.2) is 0 Å². The molecule has 4 heteroatoms. The molecular weight excluding hydrogens is 282 g/mol. The van der Waals surface area contributed by atoms with Crippen molar-refractivity contribution >= 4 is 22.2 Å². The average molecular weight is 295 g/mol. The predicted octanol–water partition coefficient (Wildman–Crippen LogP) is 3.22. The zero-order chi connectivity index (χ0) is 14.5. The number of benzene rings is 1. The maximum absolute atomic E-state index is 8.69. The van der Waals surface area contributed by atoms with Gasteiger partial charge in [0.25, 0.3) is 0 Å². The highest BCUT2D eigenvalue weighted by Gasteiger charge is 2.04. The SMILES string of the molecule is OCC#Cc1ccc(COc2cccc3ncccc23)s1. The molecule has 0 aliphatic heterocycles. The maximum atomic E-state index is 8.69. The van der Waals surface area contributed by atoms with E-state index in [0.717, 1.165) is 26.4 Å². The Labute approximate surface area is 126 Å². The molecule has 3 nitrogen and oxygen atoms in total. The first kappa shape index (κ1) is 13.6. The standard InChI is InChI=1S/C17H13NO2S/c19-11-3-4-13-8-9-14(21-13)12-20-17-7-1-6-16-15(17)5-2-10-18-16/h1-2,5-10,19H,11-12H2. The lowest BCUT2D eigenvalue weighted by Crippen LogP contribution is -1.93. The van der Waals surface area contributed by atoms with Crippen LogP contribution in [0.25, 0.3) is 10.9 Å². The summed E-state index contributed by atoms with van der Waals surface area (Å²) in [6, 6.07) is 13.7.